The average Bonchev–Trinajstić information content (AvgIpc) is 2.74. The molecule has 16 heavy (non-hydrogen) atoms. The SMILES string of the molecule is CNC1C(=O)N(c2ncco2)CCOC1C. The zero-order chi connectivity index (χ0) is 11.5. The van der Waals surface area contributed by atoms with Gasteiger partial charge in [0.25, 0.3) is 0 Å². The summed E-state index contributed by atoms with van der Waals surface area (Å²) in [5.41, 5.74) is 0. The van der Waals surface area contributed by atoms with Gasteiger partial charge in [0.1, 0.15) is 12.3 Å². The van der Waals surface area contributed by atoms with Crippen molar-refractivity contribution in [3.63, 3.8) is 0 Å². The molecule has 0 aromatic carbocycles. The third kappa shape index (κ3) is 1.94. The predicted molar refractivity (Wildman–Crippen MR) is 57.1 cm³/mol. The van der Waals surface area contributed by atoms with Crippen molar-refractivity contribution < 1.29 is 13.9 Å². The number of hydrogen-bond donors (Lipinski definition) is 1. The van der Waals surface area contributed by atoms with Crippen LogP contribution in [0.5, 0.6) is 0 Å². The van der Waals surface area contributed by atoms with Crippen molar-refractivity contribution in [1.82, 2.24) is 10.3 Å². The van der Waals surface area contributed by atoms with E-state index in [9.17, 15) is 4.79 Å². The molecule has 6 heteroatoms. The largest absolute Gasteiger partial charge is 0.432 e. The molecular formula is C10H15N3O3. The third-order valence-corrected chi connectivity index (χ3v) is 2.66. The summed E-state index contributed by atoms with van der Waals surface area (Å²) in [5.74, 6) is -0.0741. The predicted octanol–water partition coefficient (Wildman–Crippen LogP) is 0.0143. The molecule has 2 unspecified atom stereocenters. The molecule has 1 saturated heterocycles. The van der Waals surface area contributed by atoms with E-state index >= 15 is 0 Å². The van der Waals surface area contributed by atoms with Crippen LogP contribution in [0.4, 0.5) is 6.01 Å². The second-order valence-corrected chi connectivity index (χ2v) is 3.65. The standard InChI is InChI=1S/C10H15N3O3/c1-7-8(11-2)9(14)13(4-6-15-7)10-12-3-5-16-10/h3,5,7-8,11H,4,6H2,1-2H3. The van der Waals surface area contributed by atoms with Gasteiger partial charge >= 0.3 is 6.01 Å². The van der Waals surface area contributed by atoms with Crippen LogP contribution in [-0.4, -0.2) is 43.2 Å². The van der Waals surface area contributed by atoms with Crippen molar-refractivity contribution in [1.29, 1.82) is 0 Å². The summed E-state index contributed by atoms with van der Waals surface area (Å²) >= 11 is 0. The summed E-state index contributed by atoms with van der Waals surface area (Å²) < 4.78 is 10.6. The summed E-state index contributed by atoms with van der Waals surface area (Å²) in [4.78, 5) is 17.7. The normalized spacial score (nSPS) is 26.9. The van der Waals surface area contributed by atoms with Crippen molar-refractivity contribution >= 4 is 11.9 Å². The van der Waals surface area contributed by atoms with E-state index in [1.54, 1.807) is 7.05 Å². The molecule has 1 N–H and O–H groups in total. The van der Waals surface area contributed by atoms with E-state index in [1.807, 2.05) is 6.92 Å². The Kier molecular flexibility index (Phi) is 3.21. The Labute approximate surface area is 93.6 Å². The minimum atomic E-state index is -0.366. The van der Waals surface area contributed by atoms with E-state index in [4.69, 9.17) is 9.15 Å². The molecule has 0 radical (unpaired) electrons. The van der Waals surface area contributed by atoms with Crippen molar-refractivity contribution in [3.05, 3.63) is 12.5 Å². The number of nitrogens with zero attached hydrogens (tertiary/aromatic N) is 2. The molecule has 2 atom stereocenters. The second kappa shape index (κ2) is 4.63. The van der Waals surface area contributed by atoms with Gasteiger partial charge in [0.15, 0.2) is 0 Å². The fourth-order valence-electron chi connectivity index (χ4n) is 1.80. The lowest BCUT2D eigenvalue weighted by Gasteiger charge is -2.22. The molecule has 88 valence electrons. The van der Waals surface area contributed by atoms with Gasteiger partial charge < -0.3 is 14.5 Å². The van der Waals surface area contributed by atoms with Crippen molar-refractivity contribution in [3.8, 4) is 0 Å². The number of rotatable bonds is 2. The van der Waals surface area contributed by atoms with Crippen LogP contribution in [0, 0.1) is 0 Å². The molecule has 1 fully saturated rings. The Morgan fingerprint density at radius 2 is 2.44 bits per heavy atom. The van der Waals surface area contributed by atoms with Gasteiger partial charge in [-0.3, -0.25) is 9.69 Å². The monoisotopic (exact) mass is 225 g/mol. The summed E-state index contributed by atoms with van der Waals surface area (Å²) in [6.07, 6.45) is 2.82. The molecule has 1 aromatic heterocycles. The van der Waals surface area contributed by atoms with E-state index in [2.05, 4.69) is 10.3 Å². The van der Waals surface area contributed by atoms with Gasteiger partial charge in [-0.1, -0.05) is 0 Å². The van der Waals surface area contributed by atoms with E-state index in [-0.39, 0.29) is 18.1 Å². The molecular weight excluding hydrogens is 210 g/mol. The van der Waals surface area contributed by atoms with Gasteiger partial charge in [-0.15, -0.1) is 0 Å². The highest BCUT2D eigenvalue weighted by molar-refractivity contribution is 5.96. The fraction of sp³-hybridized carbons (Fsp3) is 0.600. The summed E-state index contributed by atoms with van der Waals surface area (Å²) in [6.45, 7) is 2.81. The molecule has 1 amide bonds. The number of hydrogen-bond acceptors (Lipinski definition) is 5. The maximum Gasteiger partial charge on any atom is 0.304 e. The maximum absolute atomic E-state index is 12.2. The Morgan fingerprint density at radius 1 is 1.62 bits per heavy atom. The van der Waals surface area contributed by atoms with Crippen molar-refractivity contribution in [2.75, 3.05) is 25.1 Å². The first-order valence-electron chi connectivity index (χ1n) is 5.23. The Bertz CT molecular complexity index is 352. The average molecular weight is 225 g/mol. The lowest BCUT2D eigenvalue weighted by molar-refractivity contribution is -0.122. The molecule has 2 rings (SSSR count). The topological polar surface area (TPSA) is 67.6 Å². The summed E-state index contributed by atoms with van der Waals surface area (Å²) in [5, 5.41) is 2.95. The van der Waals surface area contributed by atoms with Crippen molar-refractivity contribution in [2.24, 2.45) is 0 Å². The Hall–Kier alpha value is -1.40. The van der Waals surface area contributed by atoms with E-state index < -0.39 is 0 Å². The van der Waals surface area contributed by atoms with Crippen LogP contribution in [0.3, 0.4) is 0 Å². The molecule has 0 aliphatic carbocycles. The first kappa shape index (κ1) is 11.1. The zero-order valence-corrected chi connectivity index (χ0v) is 9.34. The van der Waals surface area contributed by atoms with Crippen LogP contribution >= 0.6 is 0 Å². The summed E-state index contributed by atoms with van der Waals surface area (Å²) in [7, 11) is 1.74. The number of carbonyl (C=O) groups is 1. The summed E-state index contributed by atoms with van der Waals surface area (Å²) in [6, 6.07) is -0.0441. The number of ether oxygens (including phenoxy) is 1. The van der Waals surface area contributed by atoms with Gasteiger partial charge in [0.2, 0.25) is 5.91 Å². The Balaban J connectivity index is 2.23. The number of amides is 1. The molecule has 6 nitrogen and oxygen atoms in total. The highest BCUT2D eigenvalue weighted by atomic mass is 16.5. The number of nitrogens with one attached hydrogen (secondary N) is 1. The van der Waals surface area contributed by atoms with Crippen LogP contribution in [0.2, 0.25) is 0 Å². The highest BCUT2D eigenvalue weighted by Crippen LogP contribution is 2.16. The Morgan fingerprint density at radius 3 is 3.06 bits per heavy atom. The molecule has 1 aliphatic heterocycles. The second-order valence-electron chi connectivity index (χ2n) is 3.65. The van der Waals surface area contributed by atoms with Crippen LogP contribution in [0.1, 0.15) is 6.92 Å². The molecule has 0 saturated carbocycles. The fourth-order valence-corrected chi connectivity index (χ4v) is 1.80. The number of aromatic nitrogens is 1. The number of carbonyl (C=O) groups excluding carboxylic acids is 1. The smallest absolute Gasteiger partial charge is 0.304 e. The van der Waals surface area contributed by atoms with Crippen molar-refractivity contribution in [2.45, 2.75) is 19.1 Å². The quantitative estimate of drug-likeness (QED) is 0.768. The van der Waals surface area contributed by atoms with Gasteiger partial charge in [-0.25, -0.2) is 4.98 Å². The van der Waals surface area contributed by atoms with Gasteiger partial charge in [0.05, 0.1) is 25.5 Å². The molecule has 1 aromatic rings. The maximum atomic E-state index is 12.2. The van der Waals surface area contributed by atoms with E-state index in [0.717, 1.165) is 0 Å². The highest BCUT2D eigenvalue weighted by Gasteiger charge is 2.33. The van der Waals surface area contributed by atoms with Crippen LogP contribution in [0.15, 0.2) is 16.9 Å². The van der Waals surface area contributed by atoms with Crippen LogP contribution in [0.25, 0.3) is 0 Å². The molecule has 1 aliphatic rings. The minimum absolute atomic E-state index is 0.0741. The number of oxazole rings is 1. The number of anilines is 1. The lowest BCUT2D eigenvalue weighted by atomic mass is 10.1. The number of likely N-dealkylation sites (N-methyl/N-ethyl adjacent to an activating group) is 1. The first-order chi connectivity index (χ1) is 7.74. The van der Waals surface area contributed by atoms with Gasteiger partial charge in [0, 0.05) is 0 Å². The molecule has 2 heterocycles. The first-order valence-corrected chi connectivity index (χ1v) is 5.23. The van der Waals surface area contributed by atoms with E-state index in [0.29, 0.717) is 19.2 Å². The molecule has 0 spiro atoms. The lowest BCUT2D eigenvalue weighted by Crippen LogP contribution is -2.49. The van der Waals surface area contributed by atoms with Crippen LogP contribution < -0.4 is 10.2 Å². The zero-order valence-electron chi connectivity index (χ0n) is 9.34. The van der Waals surface area contributed by atoms with Gasteiger partial charge in [-0.05, 0) is 14.0 Å². The minimum Gasteiger partial charge on any atom is -0.432 e. The van der Waals surface area contributed by atoms with Gasteiger partial charge in [-0.2, -0.15) is 0 Å². The van der Waals surface area contributed by atoms with Crippen LogP contribution in [-0.2, 0) is 9.53 Å². The molecule has 0 bridgehead atoms. The third-order valence-electron chi connectivity index (χ3n) is 2.66. The van der Waals surface area contributed by atoms with E-state index in [1.165, 1.54) is 17.4 Å².